The molecule has 2 rings (SSSR count). The fourth-order valence-electron chi connectivity index (χ4n) is 2.01. The van der Waals surface area contributed by atoms with Gasteiger partial charge in [-0.3, -0.25) is 5.10 Å². The molecule has 1 aromatic heterocycles. The van der Waals surface area contributed by atoms with E-state index in [1.54, 1.807) is 0 Å². The van der Waals surface area contributed by atoms with Crippen molar-refractivity contribution < 1.29 is 0 Å². The molecule has 0 bridgehead atoms. The van der Waals surface area contributed by atoms with Gasteiger partial charge in [-0.2, -0.15) is 5.10 Å². The van der Waals surface area contributed by atoms with Gasteiger partial charge in [0.05, 0.1) is 6.20 Å². The highest BCUT2D eigenvalue weighted by Crippen LogP contribution is 2.33. The van der Waals surface area contributed by atoms with Gasteiger partial charge in [0.1, 0.15) is 0 Å². The van der Waals surface area contributed by atoms with E-state index in [9.17, 15) is 0 Å². The van der Waals surface area contributed by atoms with Crippen LogP contribution < -0.4 is 5.32 Å². The lowest BCUT2D eigenvalue weighted by Gasteiger charge is -2.19. The molecule has 0 saturated heterocycles. The molecule has 1 fully saturated rings. The highest BCUT2D eigenvalue weighted by Gasteiger charge is 2.28. The Morgan fingerprint density at radius 2 is 2.21 bits per heavy atom. The minimum absolute atomic E-state index is 0.407. The molecule has 78 valence electrons. The Morgan fingerprint density at radius 3 is 2.71 bits per heavy atom. The van der Waals surface area contributed by atoms with Crippen molar-refractivity contribution in [3.05, 3.63) is 17.5 Å². The van der Waals surface area contributed by atoms with Crippen LogP contribution in [0.15, 0.2) is 6.20 Å². The molecular weight excluding hydrogens is 174 g/mol. The van der Waals surface area contributed by atoms with Crippen LogP contribution in [0, 0.1) is 12.8 Å². The molecule has 1 saturated carbocycles. The zero-order chi connectivity index (χ0) is 10.1. The van der Waals surface area contributed by atoms with E-state index in [-0.39, 0.29) is 0 Å². The summed E-state index contributed by atoms with van der Waals surface area (Å²) in [7, 11) is 0. The molecule has 1 aliphatic rings. The predicted molar refractivity (Wildman–Crippen MR) is 57.1 cm³/mol. The van der Waals surface area contributed by atoms with Gasteiger partial charge in [-0.15, -0.1) is 0 Å². The van der Waals surface area contributed by atoms with Crippen LogP contribution in [-0.4, -0.2) is 16.2 Å². The molecule has 3 heteroatoms. The van der Waals surface area contributed by atoms with Gasteiger partial charge in [0.2, 0.25) is 0 Å². The van der Waals surface area contributed by atoms with Crippen molar-refractivity contribution in [1.82, 2.24) is 15.5 Å². The SMILES string of the molecule is Cc1[nH]ncc1C(C)NC(C)C1CC1. The Kier molecular flexibility index (Phi) is 2.59. The second-order valence-corrected chi connectivity index (χ2v) is 4.46. The standard InChI is InChI=1S/C11H19N3/c1-7(10-4-5-10)13-8(2)11-6-12-14-9(11)3/h6-8,10,13H,4-5H2,1-3H3,(H,12,14). The van der Waals surface area contributed by atoms with Crippen molar-refractivity contribution in [2.24, 2.45) is 5.92 Å². The third-order valence-corrected chi connectivity index (χ3v) is 3.18. The van der Waals surface area contributed by atoms with Crippen molar-refractivity contribution in [3.8, 4) is 0 Å². The summed E-state index contributed by atoms with van der Waals surface area (Å²) in [6, 6.07) is 1.05. The molecule has 2 N–H and O–H groups in total. The Labute approximate surface area is 85.3 Å². The van der Waals surface area contributed by atoms with E-state index in [1.807, 2.05) is 6.20 Å². The predicted octanol–water partition coefficient (Wildman–Crippen LogP) is 2.17. The zero-order valence-corrected chi connectivity index (χ0v) is 9.17. The van der Waals surface area contributed by atoms with Crippen LogP contribution in [-0.2, 0) is 0 Å². The first-order valence-electron chi connectivity index (χ1n) is 5.44. The summed E-state index contributed by atoms with van der Waals surface area (Å²) in [5.74, 6) is 0.907. The number of nitrogens with one attached hydrogen (secondary N) is 2. The van der Waals surface area contributed by atoms with Gasteiger partial charge in [0.15, 0.2) is 0 Å². The smallest absolute Gasteiger partial charge is 0.0537 e. The summed E-state index contributed by atoms with van der Waals surface area (Å²) in [4.78, 5) is 0. The third kappa shape index (κ3) is 1.98. The molecule has 1 heterocycles. The van der Waals surface area contributed by atoms with Crippen molar-refractivity contribution in [1.29, 1.82) is 0 Å². The summed E-state index contributed by atoms with van der Waals surface area (Å²) >= 11 is 0. The molecule has 1 aromatic rings. The first-order chi connectivity index (χ1) is 6.68. The second kappa shape index (κ2) is 3.73. The van der Waals surface area contributed by atoms with Gasteiger partial charge in [-0.1, -0.05) is 0 Å². The van der Waals surface area contributed by atoms with E-state index in [4.69, 9.17) is 0 Å². The van der Waals surface area contributed by atoms with Gasteiger partial charge in [-0.05, 0) is 39.5 Å². The van der Waals surface area contributed by atoms with Crippen LogP contribution >= 0.6 is 0 Å². The minimum atomic E-state index is 0.407. The van der Waals surface area contributed by atoms with E-state index in [0.717, 1.165) is 5.92 Å². The van der Waals surface area contributed by atoms with Crippen LogP contribution in [0.5, 0.6) is 0 Å². The first kappa shape index (κ1) is 9.71. The lowest BCUT2D eigenvalue weighted by Crippen LogP contribution is -2.30. The molecule has 0 spiro atoms. The summed E-state index contributed by atoms with van der Waals surface area (Å²) in [5, 5.41) is 10.6. The molecule has 0 aliphatic heterocycles. The number of aromatic amines is 1. The highest BCUT2D eigenvalue weighted by atomic mass is 15.1. The van der Waals surface area contributed by atoms with Gasteiger partial charge in [0.25, 0.3) is 0 Å². The van der Waals surface area contributed by atoms with E-state index < -0.39 is 0 Å². The lowest BCUT2D eigenvalue weighted by molar-refractivity contribution is 0.440. The van der Waals surface area contributed by atoms with Gasteiger partial charge in [0, 0.05) is 23.3 Å². The van der Waals surface area contributed by atoms with Crippen molar-refractivity contribution in [2.75, 3.05) is 0 Å². The molecule has 2 atom stereocenters. The van der Waals surface area contributed by atoms with Gasteiger partial charge < -0.3 is 5.32 Å². The number of hydrogen-bond acceptors (Lipinski definition) is 2. The fraction of sp³-hybridized carbons (Fsp3) is 0.727. The van der Waals surface area contributed by atoms with Crippen molar-refractivity contribution >= 4 is 0 Å². The molecule has 1 aliphatic carbocycles. The summed E-state index contributed by atoms with van der Waals surface area (Å²) < 4.78 is 0. The monoisotopic (exact) mass is 193 g/mol. The maximum atomic E-state index is 4.05. The number of rotatable bonds is 4. The van der Waals surface area contributed by atoms with E-state index in [0.29, 0.717) is 12.1 Å². The average Bonchev–Trinajstić information content (AvgIpc) is 2.89. The number of H-pyrrole nitrogens is 1. The number of aromatic nitrogens is 2. The van der Waals surface area contributed by atoms with Crippen LogP contribution in [0.4, 0.5) is 0 Å². The largest absolute Gasteiger partial charge is 0.307 e. The maximum Gasteiger partial charge on any atom is 0.0537 e. The summed E-state index contributed by atoms with van der Waals surface area (Å²) in [6.45, 7) is 6.56. The van der Waals surface area contributed by atoms with Gasteiger partial charge in [-0.25, -0.2) is 0 Å². The Hall–Kier alpha value is -0.830. The van der Waals surface area contributed by atoms with E-state index >= 15 is 0 Å². The lowest BCUT2D eigenvalue weighted by atomic mass is 10.1. The average molecular weight is 193 g/mol. The van der Waals surface area contributed by atoms with E-state index in [2.05, 4.69) is 36.3 Å². The van der Waals surface area contributed by atoms with Crippen molar-refractivity contribution in [3.63, 3.8) is 0 Å². The topological polar surface area (TPSA) is 40.7 Å². The number of nitrogens with zero attached hydrogens (tertiary/aromatic N) is 1. The quantitative estimate of drug-likeness (QED) is 0.769. The Balaban J connectivity index is 1.94. The summed E-state index contributed by atoms with van der Waals surface area (Å²) in [6.07, 6.45) is 4.71. The van der Waals surface area contributed by atoms with Crippen LogP contribution in [0.3, 0.4) is 0 Å². The number of hydrogen-bond donors (Lipinski definition) is 2. The third-order valence-electron chi connectivity index (χ3n) is 3.18. The molecule has 2 unspecified atom stereocenters. The minimum Gasteiger partial charge on any atom is -0.307 e. The Bertz CT molecular complexity index is 301. The van der Waals surface area contributed by atoms with Crippen LogP contribution in [0.25, 0.3) is 0 Å². The molecule has 3 nitrogen and oxygen atoms in total. The normalized spacial score (nSPS) is 20.8. The fourth-order valence-corrected chi connectivity index (χ4v) is 2.01. The molecule has 0 aromatic carbocycles. The summed E-state index contributed by atoms with van der Waals surface area (Å²) in [5.41, 5.74) is 2.46. The molecular formula is C11H19N3. The van der Waals surface area contributed by atoms with Gasteiger partial charge >= 0.3 is 0 Å². The number of aryl methyl sites for hydroxylation is 1. The first-order valence-corrected chi connectivity index (χ1v) is 5.44. The molecule has 0 amide bonds. The highest BCUT2D eigenvalue weighted by molar-refractivity contribution is 5.18. The van der Waals surface area contributed by atoms with Crippen molar-refractivity contribution in [2.45, 2.75) is 45.7 Å². The molecule has 14 heavy (non-hydrogen) atoms. The van der Waals surface area contributed by atoms with E-state index in [1.165, 1.54) is 24.1 Å². The molecule has 0 radical (unpaired) electrons. The van der Waals surface area contributed by atoms with Crippen LogP contribution in [0.2, 0.25) is 0 Å². The Morgan fingerprint density at radius 1 is 1.50 bits per heavy atom. The second-order valence-electron chi connectivity index (χ2n) is 4.46. The maximum absolute atomic E-state index is 4.05. The zero-order valence-electron chi connectivity index (χ0n) is 9.17. The van der Waals surface area contributed by atoms with Crippen LogP contribution in [0.1, 0.15) is 44.0 Å².